The van der Waals surface area contributed by atoms with Gasteiger partial charge in [0.2, 0.25) is 5.91 Å². The first kappa shape index (κ1) is 12.5. The van der Waals surface area contributed by atoms with Crippen molar-refractivity contribution in [3.63, 3.8) is 0 Å². The maximum absolute atomic E-state index is 11.8. The van der Waals surface area contributed by atoms with Gasteiger partial charge >= 0.3 is 0 Å². The van der Waals surface area contributed by atoms with Crippen LogP contribution in [0.3, 0.4) is 0 Å². The van der Waals surface area contributed by atoms with Crippen molar-refractivity contribution in [3.05, 3.63) is 0 Å². The number of amides is 1. The average molecular weight is 327 g/mol. The number of carbonyl (C=O) groups is 1. The molecule has 1 saturated carbocycles. The lowest BCUT2D eigenvalue weighted by molar-refractivity contribution is -0.128. The zero-order valence-electron chi connectivity index (χ0n) is 8.48. The zero-order valence-corrected chi connectivity index (χ0v) is 11.7. The fourth-order valence-corrected chi connectivity index (χ4v) is 3.42. The first-order valence-corrected chi connectivity index (χ1v) is 7.35. The molecule has 0 bridgehead atoms. The molecule has 2 nitrogen and oxygen atoms in total. The molecule has 0 aromatic heterocycles. The molecular weight excluding hydrogens is 310 g/mol. The maximum atomic E-state index is 11.8. The maximum Gasteiger partial charge on any atom is 0.223 e. The number of hydrogen-bond acceptors (Lipinski definition) is 1. The molecule has 0 heterocycles. The van der Waals surface area contributed by atoms with Gasteiger partial charge in [-0.3, -0.25) is 4.79 Å². The van der Waals surface area contributed by atoms with Crippen LogP contribution in [-0.4, -0.2) is 22.1 Å². The van der Waals surface area contributed by atoms with Crippen LogP contribution < -0.4 is 5.32 Å². The minimum absolute atomic E-state index is 0.104. The van der Waals surface area contributed by atoms with Crippen molar-refractivity contribution in [2.45, 2.75) is 38.1 Å². The summed E-state index contributed by atoms with van der Waals surface area (Å²) < 4.78 is 0. The predicted octanol–water partition coefficient (Wildman–Crippen LogP) is 2.84. The third kappa shape index (κ3) is 2.72. The smallest absolute Gasteiger partial charge is 0.223 e. The van der Waals surface area contributed by atoms with Crippen molar-refractivity contribution in [1.29, 1.82) is 0 Å². The van der Waals surface area contributed by atoms with Gasteiger partial charge in [0.15, 0.2) is 0 Å². The van der Waals surface area contributed by atoms with Gasteiger partial charge in [-0.05, 0) is 19.3 Å². The molecule has 0 atom stereocenters. The number of alkyl halides is 2. The largest absolute Gasteiger partial charge is 0.349 e. The lowest BCUT2D eigenvalue weighted by atomic mass is 9.84. The third-order valence-corrected chi connectivity index (χ3v) is 5.20. The molecule has 0 radical (unpaired) electrons. The molecule has 82 valence electrons. The summed E-state index contributed by atoms with van der Waals surface area (Å²) in [6, 6.07) is 0. The molecule has 0 unspecified atom stereocenters. The molecule has 1 aliphatic rings. The Bertz CT molecular complexity index is 192. The van der Waals surface area contributed by atoms with Crippen LogP contribution in [0.5, 0.6) is 0 Å². The predicted molar refractivity (Wildman–Crippen MR) is 66.1 cm³/mol. The summed E-state index contributed by atoms with van der Waals surface area (Å²) in [5.41, 5.74) is -0.104. The molecule has 0 aliphatic heterocycles. The molecule has 14 heavy (non-hydrogen) atoms. The number of hydrogen-bond donors (Lipinski definition) is 1. The van der Waals surface area contributed by atoms with E-state index < -0.39 is 0 Å². The van der Waals surface area contributed by atoms with Crippen molar-refractivity contribution in [2.75, 3.05) is 10.7 Å². The Balaban J connectivity index is 2.49. The van der Waals surface area contributed by atoms with E-state index in [0.29, 0.717) is 0 Å². The second-order valence-electron chi connectivity index (χ2n) is 4.02. The van der Waals surface area contributed by atoms with Crippen molar-refractivity contribution in [2.24, 2.45) is 5.92 Å². The summed E-state index contributed by atoms with van der Waals surface area (Å²) in [6.45, 7) is 2.10. The van der Waals surface area contributed by atoms with E-state index in [9.17, 15) is 4.79 Å². The van der Waals surface area contributed by atoms with Gasteiger partial charge in [-0.1, -0.05) is 45.2 Å². The molecule has 1 N–H and O–H groups in total. The van der Waals surface area contributed by atoms with E-state index >= 15 is 0 Å². The highest BCUT2D eigenvalue weighted by molar-refractivity contribution is 9.09. The van der Waals surface area contributed by atoms with E-state index in [2.05, 4.69) is 44.1 Å². The van der Waals surface area contributed by atoms with Gasteiger partial charge in [0, 0.05) is 16.6 Å². The van der Waals surface area contributed by atoms with Gasteiger partial charge < -0.3 is 5.32 Å². The van der Waals surface area contributed by atoms with Gasteiger partial charge in [-0.2, -0.15) is 0 Å². The van der Waals surface area contributed by atoms with Crippen LogP contribution in [0.1, 0.15) is 32.6 Å². The van der Waals surface area contributed by atoms with Crippen LogP contribution in [0, 0.1) is 5.92 Å². The van der Waals surface area contributed by atoms with E-state index in [4.69, 9.17) is 0 Å². The molecule has 1 fully saturated rings. The zero-order chi connectivity index (χ0) is 10.6. The number of halogens is 2. The monoisotopic (exact) mass is 325 g/mol. The van der Waals surface area contributed by atoms with Crippen LogP contribution >= 0.6 is 31.9 Å². The van der Waals surface area contributed by atoms with Gasteiger partial charge in [0.1, 0.15) is 0 Å². The molecular formula is C10H17Br2NO. The summed E-state index contributed by atoms with van der Waals surface area (Å²) in [5, 5.41) is 4.76. The highest BCUT2D eigenvalue weighted by Gasteiger charge is 2.32. The molecule has 1 rings (SSSR count). The number of carbonyl (C=O) groups excluding carboxylic acids is 1. The highest BCUT2D eigenvalue weighted by Crippen LogP contribution is 2.28. The Hall–Kier alpha value is 0.430. The van der Waals surface area contributed by atoms with Gasteiger partial charge in [0.25, 0.3) is 0 Å². The molecule has 0 aromatic carbocycles. The minimum atomic E-state index is -0.104. The lowest BCUT2D eigenvalue weighted by Gasteiger charge is -2.34. The van der Waals surface area contributed by atoms with Crippen LogP contribution in [0.4, 0.5) is 0 Å². The SMILES string of the molecule is CCC(CBr)(CBr)NC(=O)C1CCC1. The van der Waals surface area contributed by atoms with Gasteiger partial charge in [0.05, 0.1) is 5.54 Å². The van der Waals surface area contributed by atoms with E-state index in [1.54, 1.807) is 0 Å². The summed E-state index contributed by atoms with van der Waals surface area (Å²) in [7, 11) is 0. The Morgan fingerprint density at radius 3 is 2.29 bits per heavy atom. The van der Waals surface area contributed by atoms with Gasteiger partial charge in [-0.15, -0.1) is 0 Å². The Labute approximate surface area is 102 Å². The van der Waals surface area contributed by atoms with Crippen LogP contribution in [0.2, 0.25) is 0 Å². The molecule has 4 heteroatoms. The topological polar surface area (TPSA) is 29.1 Å². The van der Waals surface area contributed by atoms with Crippen LogP contribution in [0.25, 0.3) is 0 Å². The second-order valence-corrected chi connectivity index (χ2v) is 5.14. The Kier molecular flexibility index (Phi) is 4.91. The molecule has 1 aliphatic carbocycles. The highest BCUT2D eigenvalue weighted by atomic mass is 79.9. The van der Waals surface area contributed by atoms with E-state index in [0.717, 1.165) is 29.9 Å². The standard InChI is InChI=1S/C10H17Br2NO/c1-2-10(6-11,7-12)13-9(14)8-4-3-5-8/h8H,2-7H2,1H3,(H,13,14). The summed E-state index contributed by atoms with van der Waals surface area (Å²) in [5.74, 6) is 0.510. The van der Waals surface area contributed by atoms with E-state index in [-0.39, 0.29) is 17.4 Å². The molecule has 0 saturated heterocycles. The Morgan fingerprint density at radius 2 is 2.00 bits per heavy atom. The summed E-state index contributed by atoms with van der Waals surface area (Å²) in [4.78, 5) is 11.8. The van der Waals surface area contributed by atoms with E-state index in [1.807, 2.05) is 0 Å². The summed E-state index contributed by atoms with van der Waals surface area (Å²) in [6.07, 6.45) is 4.29. The van der Waals surface area contributed by atoms with Crippen molar-refractivity contribution < 1.29 is 4.79 Å². The Morgan fingerprint density at radius 1 is 1.43 bits per heavy atom. The quantitative estimate of drug-likeness (QED) is 0.773. The molecule has 1 amide bonds. The van der Waals surface area contributed by atoms with Gasteiger partial charge in [-0.25, -0.2) is 0 Å². The van der Waals surface area contributed by atoms with Crippen molar-refractivity contribution in [3.8, 4) is 0 Å². The average Bonchev–Trinajstić information content (AvgIpc) is 2.11. The molecule has 0 aromatic rings. The summed E-state index contributed by atoms with van der Waals surface area (Å²) >= 11 is 6.93. The normalized spacial score (nSPS) is 17.6. The second kappa shape index (κ2) is 5.50. The van der Waals surface area contributed by atoms with Crippen LogP contribution in [0.15, 0.2) is 0 Å². The van der Waals surface area contributed by atoms with Crippen molar-refractivity contribution in [1.82, 2.24) is 5.32 Å². The third-order valence-electron chi connectivity index (χ3n) is 3.05. The first-order valence-electron chi connectivity index (χ1n) is 5.11. The fraction of sp³-hybridized carbons (Fsp3) is 0.900. The van der Waals surface area contributed by atoms with Crippen molar-refractivity contribution >= 4 is 37.8 Å². The van der Waals surface area contributed by atoms with Crippen LogP contribution in [-0.2, 0) is 4.79 Å². The minimum Gasteiger partial charge on any atom is -0.349 e. The first-order chi connectivity index (χ1) is 6.67. The molecule has 0 spiro atoms. The lowest BCUT2D eigenvalue weighted by Crippen LogP contribution is -2.53. The van der Waals surface area contributed by atoms with E-state index in [1.165, 1.54) is 6.42 Å². The number of rotatable bonds is 5. The fourth-order valence-electron chi connectivity index (χ4n) is 1.41. The number of nitrogens with one attached hydrogen (secondary N) is 1.